The summed E-state index contributed by atoms with van der Waals surface area (Å²) in [7, 11) is 0. The Balaban J connectivity index is 1.34. The van der Waals surface area contributed by atoms with Crippen LogP contribution in [-0.4, -0.2) is 33.7 Å². The van der Waals surface area contributed by atoms with Crippen molar-refractivity contribution in [2.75, 3.05) is 5.75 Å². The van der Waals surface area contributed by atoms with Crippen LogP contribution in [0, 0.1) is 0 Å². The van der Waals surface area contributed by atoms with Crippen LogP contribution in [0.15, 0.2) is 11.4 Å². The minimum atomic E-state index is -0.383. The van der Waals surface area contributed by atoms with Crippen LogP contribution >= 0.6 is 23.1 Å². The lowest BCUT2D eigenvalue weighted by Crippen LogP contribution is -2.45. The maximum atomic E-state index is 12.1. The zero-order valence-corrected chi connectivity index (χ0v) is 16.2. The van der Waals surface area contributed by atoms with Crippen LogP contribution in [0.1, 0.15) is 49.0 Å². The number of carbonyl (C=O) groups is 2. The standard InChI is InChI=1S/C18H22N4O2S2/c23-14(22-18(24)21-11-5-2-1-3-6-11)9-25-16-15-12-7-4-8-13(12)26-17(15)20-10-19-16/h10-11H,1-9H2,(H2,21,22,23,24). The molecule has 138 valence electrons. The molecular formula is C18H22N4O2S2. The zero-order chi connectivity index (χ0) is 17.9. The summed E-state index contributed by atoms with van der Waals surface area (Å²) in [6, 6.07) is -0.189. The molecule has 2 aromatic heterocycles. The molecule has 8 heteroatoms. The fourth-order valence-electron chi connectivity index (χ4n) is 3.77. The van der Waals surface area contributed by atoms with E-state index >= 15 is 0 Å². The number of hydrogen-bond acceptors (Lipinski definition) is 6. The molecule has 0 atom stereocenters. The number of rotatable bonds is 4. The summed E-state index contributed by atoms with van der Waals surface area (Å²) in [6.07, 6.45) is 10.4. The van der Waals surface area contributed by atoms with Gasteiger partial charge in [-0.1, -0.05) is 31.0 Å². The molecule has 2 aliphatic carbocycles. The highest BCUT2D eigenvalue weighted by Gasteiger charge is 2.22. The normalized spacial score (nSPS) is 17.2. The monoisotopic (exact) mass is 390 g/mol. The van der Waals surface area contributed by atoms with E-state index in [1.54, 1.807) is 17.7 Å². The maximum absolute atomic E-state index is 12.1. The summed E-state index contributed by atoms with van der Waals surface area (Å²) in [4.78, 5) is 35.3. The molecule has 0 aliphatic heterocycles. The summed E-state index contributed by atoms with van der Waals surface area (Å²) in [5, 5.41) is 7.30. The van der Waals surface area contributed by atoms with E-state index in [2.05, 4.69) is 20.6 Å². The van der Waals surface area contributed by atoms with E-state index in [0.29, 0.717) is 0 Å². The topological polar surface area (TPSA) is 84.0 Å². The molecule has 1 saturated carbocycles. The molecule has 0 aromatic carbocycles. The first-order valence-corrected chi connectivity index (χ1v) is 11.0. The largest absolute Gasteiger partial charge is 0.335 e. The molecule has 2 heterocycles. The van der Waals surface area contributed by atoms with Crippen molar-refractivity contribution in [3.05, 3.63) is 16.8 Å². The molecule has 2 aromatic rings. The quantitative estimate of drug-likeness (QED) is 0.617. The van der Waals surface area contributed by atoms with Crippen molar-refractivity contribution in [1.29, 1.82) is 0 Å². The summed E-state index contributed by atoms with van der Waals surface area (Å²) in [5.41, 5.74) is 1.35. The Morgan fingerprint density at radius 1 is 1.15 bits per heavy atom. The Morgan fingerprint density at radius 3 is 2.85 bits per heavy atom. The number of carbonyl (C=O) groups excluding carboxylic acids is 2. The van der Waals surface area contributed by atoms with Gasteiger partial charge in [-0.25, -0.2) is 14.8 Å². The van der Waals surface area contributed by atoms with Crippen LogP contribution in [0.4, 0.5) is 4.79 Å². The molecule has 6 nitrogen and oxygen atoms in total. The highest BCUT2D eigenvalue weighted by atomic mass is 32.2. The van der Waals surface area contributed by atoms with Gasteiger partial charge in [0.05, 0.1) is 5.75 Å². The average Bonchev–Trinajstić information content (AvgIpc) is 3.21. The fourth-order valence-corrected chi connectivity index (χ4v) is 5.89. The predicted molar refractivity (Wildman–Crippen MR) is 104 cm³/mol. The lowest BCUT2D eigenvalue weighted by Gasteiger charge is -2.22. The Hall–Kier alpha value is -1.67. The lowest BCUT2D eigenvalue weighted by atomic mass is 9.96. The van der Waals surface area contributed by atoms with E-state index in [1.165, 1.54) is 35.0 Å². The van der Waals surface area contributed by atoms with Crippen LogP contribution in [0.3, 0.4) is 0 Å². The highest BCUT2D eigenvalue weighted by Crippen LogP contribution is 2.39. The molecule has 2 aliphatic rings. The van der Waals surface area contributed by atoms with Gasteiger partial charge in [-0.2, -0.15) is 0 Å². The second-order valence-corrected chi connectivity index (χ2v) is 8.91. The smallest absolute Gasteiger partial charge is 0.321 e. The molecule has 1 fully saturated rings. The van der Waals surface area contributed by atoms with Crippen LogP contribution in [0.25, 0.3) is 10.2 Å². The lowest BCUT2D eigenvalue weighted by molar-refractivity contribution is -0.117. The zero-order valence-electron chi connectivity index (χ0n) is 14.5. The molecule has 2 N–H and O–H groups in total. The van der Waals surface area contributed by atoms with Crippen molar-refractivity contribution in [3.8, 4) is 0 Å². The second-order valence-electron chi connectivity index (χ2n) is 6.86. The molecule has 0 spiro atoms. The van der Waals surface area contributed by atoms with Gasteiger partial charge in [0.25, 0.3) is 0 Å². The van der Waals surface area contributed by atoms with Gasteiger partial charge in [-0.15, -0.1) is 11.3 Å². The number of aryl methyl sites for hydroxylation is 2. The maximum Gasteiger partial charge on any atom is 0.321 e. The Bertz CT molecular complexity index is 830. The number of nitrogens with zero attached hydrogens (tertiary/aromatic N) is 2. The van der Waals surface area contributed by atoms with E-state index in [9.17, 15) is 9.59 Å². The van der Waals surface area contributed by atoms with Gasteiger partial charge in [0.2, 0.25) is 5.91 Å². The van der Waals surface area contributed by atoms with Crippen molar-refractivity contribution in [2.45, 2.75) is 62.4 Å². The number of thioether (sulfide) groups is 1. The number of thiophene rings is 1. The van der Waals surface area contributed by atoms with E-state index in [4.69, 9.17) is 0 Å². The molecule has 0 unspecified atom stereocenters. The molecule has 0 saturated heterocycles. The Kier molecular flexibility index (Phi) is 5.40. The third kappa shape index (κ3) is 3.86. The third-order valence-electron chi connectivity index (χ3n) is 5.00. The first kappa shape index (κ1) is 17.7. The van der Waals surface area contributed by atoms with Crippen LogP contribution in [0.5, 0.6) is 0 Å². The summed E-state index contributed by atoms with van der Waals surface area (Å²) in [5.74, 6) is -0.114. The van der Waals surface area contributed by atoms with Gasteiger partial charge in [0, 0.05) is 16.3 Å². The first-order valence-electron chi connectivity index (χ1n) is 9.19. The van der Waals surface area contributed by atoms with Crippen LogP contribution in [-0.2, 0) is 17.6 Å². The van der Waals surface area contributed by atoms with Crippen molar-refractivity contribution < 1.29 is 9.59 Å². The number of hydrogen-bond donors (Lipinski definition) is 2. The van der Waals surface area contributed by atoms with Crippen molar-refractivity contribution in [2.24, 2.45) is 0 Å². The van der Waals surface area contributed by atoms with Gasteiger partial charge in [-0.3, -0.25) is 10.1 Å². The van der Waals surface area contributed by atoms with Gasteiger partial charge in [-0.05, 0) is 37.7 Å². The van der Waals surface area contributed by atoms with E-state index in [0.717, 1.165) is 53.8 Å². The van der Waals surface area contributed by atoms with Crippen LogP contribution in [0.2, 0.25) is 0 Å². The number of fused-ring (bicyclic) bond motifs is 3. The van der Waals surface area contributed by atoms with Crippen molar-refractivity contribution >= 4 is 45.3 Å². The second kappa shape index (κ2) is 7.92. The van der Waals surface area contributed by atoms with Gasteiger partial charge in [0.1, 0.15) is 16.2 Å². The molecule has 4 rings (SSSR count). The molecule has 0 radical (unpaired) electrons. The Morgan fingerprint density at radius 2 is 2.00 bits per heavy atom. The Labute approximate surface area is 160 Å². The molecular weight excluding hydrogens is 368 g/mol. The van der Waals surface area contributed by atoms with Gasteiger partial charge in [0.15, 0.2) is 0 Å². The van der Waals surface area contributed by atoms with Crippen LogP contribution < -0.4 is 10.6 Å². The van der Waals surface area contributed by atoms with Crippen molar-refractivity contribution in [3.63, 3.8) is 0 Å². The average molecular weight is 391 g/mol. The molecule has 3 amide bonds. The SMILES string of the molecule is O=C(CSc1ncnc2sc3c(c12)CCC3)NC(=O)NC1CCCCC1. The number of aromatic nitrogens is 2. The van der Waals surface area contributed by atoms with E-state index in [-0.39, 0.29) is 23.7 Å². The number of urea groups is 1. The summed E-state index contributed by atoms with van der Waals surface area (Å²) >= 11 is 3.12. The first-order chi connectivity index (χ1) is 12.7. The summed E-state index contributed by atoms with van der Waals surface area (Å²) < 4.78 is 0. The minimum absolute atomic E-state index is 0.175. The fraction of sp³-hybridized carbons (Fsp3) is 0.556. The number of nitrogens with one attached hydrogen (secondary N) is 2. The van der Waals surface area contributed by atoms with Gasteiger partial charge >= 0.3 is 6.03 Å². The van der Waals surface area contributed by atoms with Crippen molar-refractivity contribution in [1.82, 2.24) is 20.6 Å². The third-order valence-corrected chi connectivity index (χ3v) is 7.19. The molecule has 0 bridgehead atoms. The van der Waals surface area contributed by atoms with E-state index in [1.807, 2.05) is 0 Å². The van der Waals surface area contributed by atoms with Gasteiger partial charge < -0.3 is 5.32 Å². The molecule has 26 heavy (non-hydrogen) atoms. The van der Waals surface area contributed by atoms with E-state index < -0.39 is 0 Å². The highest BCUT2D eigenvalue weighted by molar-refractivity contribution is 8.00. The predicted octanol–water partition coefficient (Wildman–Crippen LogP) is 3.43. The number of imide groups is 1. The summed E-state index contributed by atoms with van der Waals surface area (Å²) in [6.45, 7) is 0. The minimum Gasteiger partial charge on any atom is -0.335 e. The number of amides is 3.